The third-order valence-corrected chi connectivity index (χ3v) is 3.97. The maximum absolute atomic E-state index is 13.0. The summed E-state index contributed by atoms with van der Waals surface area (Å²) in [6.45, 7) is 1.91. The Labute approximate surface area is 139 Å². The van der Waals surface area contributed by atoms with Gasteiger partial charge in [0.15, 0.2) is 11.5 Å². The van der Waals surface area contributed by atoms with Crippen molar-refractivity contribution in [1.82, 2.24) is 15.0 Å². The Bertz CT molecular complexity index is 916. The second kappa shape index (κ2) is 5.38. The zero-order chi connectivity index (χ0) is 16.7. The van der Waals surface area contributed by atoms with Crippen molar-refractivity contribution in [2.24, 2.45) is 0 Å². The Morgan fingerprint density at radius 3 is 2.71 bits per heavy atom. The van der Waals surface area contributed by atoms with Crippen LogP contribution < -0.4 is 14.8 Å². The van der Waals surface area contributed by atoms with Crippen molar-refractivity contribution >= 4 is 23.0 Å². The number of hydrogen-bond acceptors (Lipinski definition) is 7. The van der Waals surface area contributed by atoms with Crippen LogP contribution in [-0.4, -0.2) is 21.2 Å². The lowest BCUT2D eigenvalue weighted by molar-refractivity contribution is -0.286. The first-order valence-corrected chi connectivity index (χ1v) is 7.79. The quantitative estimate of drug-likeness (QED) is 0.772. The number of anilines is 2. The van der Waals surface area contributed by atoms with Gasteiger partial charge in [0.05, 0.1) is 10.7 Å². The molecule has 1 aliphatic heterocycles. The number of benzene rings is 1. The van der Waals surface area contributed by atoms with E-state index in [1.165, 1.54) is 23.5 Å². The van der Waals surface area contributed by atoms with E-state index in [1.807, 2.05) is 12.3 Å². The van der Waals surface area contributed by atoms with Crippen LogP contribution in [0.25, 0.3) is 11.4 Å². The number of halogens is 2. The number of aromatic nitrogens is 3. The van der Waals surface area contributed by atoms with E-state index in [9.17, 15) is 8.78 Å². The molecule has 3 heterocycles. The zero-order valence-electron chi connectivity index (χ0n) is 12.3. The van der Waals surface area contributed by atoms with E-state index in [1.54, 1.807) is 18.3 Å². The van der Waals surface area contributed by atoms with E-state index in [0.717, 1.165) is 10.7 Å². The number of rotatable bonds is 3. The molecule has 0 saturated carbocycles. The van der Waals surface area contributed by atoms with Gasteiger partial charge in [0.1, 0.15) is 5.69 Å². The summed E-state index contributed by atoms with van der Waals surface area (Å²) in [6.07, 6.45) is -2.04. The number of fused-ring (bicyclic) bond motifs is 1. The molecule has 0 spiro atoms. The van der Waals surface area contributed by atoms with E-state index in [2.05, 4.69) is 29.7 Å². The van der Waals surface area contributed by atoms with E-state index in [-0.39, 0.29) is 11.5 Å². The number of aryl methyl sites for hydroxylation is 1. The molecule has 0 bridgehead atoms. The summed E-state index contributed by atoms with van der Waals surface area (Å²) < 4.78 is 34.9. The summed E-state index contributed by atoms with van der Waals surface area (Å²) in [5.41, 5.74) is 1.93. The zero-order valence-corrected chi connectivity index (χ0v) is 13.1. The van der Waals surface area contributed by atoms with Gasteiger partial charge >= 0.3 is 6.29 Å². The van der Waals surface area contributed by atoms with Gasteiger partial charge in [-0.3, -0.25) is 0 Å². The lowest BCUT2D eigenvalue weighted by Gasteiger charge is -2.06. The van der Waals surface area contributed by atoms with Gasteiger partial charge in [-0.15, -0.1) is 20.1 Å². The molecule has 6 nitrogen and oxygen atoms in total. The molecule has 0 fully saturated rings. The van der Waals surface area contributed by atoms with Gasteiger partial charge in [-0.25, -0.2) is 15.0 Å². The predicted molar refractivity (Wildman–Crippen MR) is 83.8 cm³/mol. The van der Waals surface area contributed by atoms with Gasteiger partial charge in [0.25, 0.3) is 0 Å². The highest BCUT2D eigenvalue weighted by Gasteiger charge is 2.43. The van der Waals surface area contributed by atoms with Gasteiger partial charge in [-0.05, 0) is 25.1 Å². The van der Waals surface area contributed by atoms with Crippen LogP contribution in [0.4, 0.5) is 20.4 Å². The largest absolute Gasteiger partial charge is 0.586 e. The predicted octanol–water partition coefficient (Wildman–Crippen LogP) is 3.97. The van der Waals surface area contributed by atoms with Crippen molar-refractivity contribution in [1.29, 1.82) is 0 Å². The maximum atomic E-state index is 13.0. The first kappa shape index (κ1) is 14.8. The highest BCUT2D eigenvalue weighted by Crippen LogP contribution is 2.42. The summed E-state index contributed by atoms with van der Waals surface area (Å²) >= 11 is 1.53. The Balaban J connectivity index is 1.58. The fourth-order valence-electron chi connectivity index (χ4n) is 2.20. The average molecular weight is 348 g/mol. The smallest absolute Gasteiger partial charge is 0.395 e. The number of nitrogens with one attached hydrogen (secondary N) is 1. The van der Waals surface area contributed by atoms with Crippen molar-refractivity contribution in [3.05, 3.63) is 40.8 Å². The highest BCUT2D eigenvalue weighted by atomic mass is 32.1. The van der Waals surface area contributed by atoms with Crippen LogP contribution in [-0.2, 0) is 0 Å². The Morgan fingerprint density at radius 1 is 1.08 bits per heavy atom. The van der Waals surface area contributed by atoms with Crippen LogP contribution >= 0.6 is 11.3 Å². The molecule has 9 heteroatoms. The molecular weight excluding hydrogens is 338 g/mol. The van der Waals surface area contributed by atoms with E-state index < -0.39 is 6.29 Å². The second-order valence-electron chi connectivity index (χ2n) is 4.97. The minimum atomic E-state index is -3.64. The van der Waals surface area contributed by atoms with Crippen LogP contribution in [0.5, 0.6) is 11.5 Å². The number of hydrogen-bond donors (Lipinski definition) is 1. The molecule has 24 heavy (non-hydrogen) atoms. The van der Waals surface area contributed by atoms with Crippen LogP contribution in [0.2, 0.25) is 0 Å². The molecule has 0 unspecified atom stereocenters. The molecule has 1 aliphatic rings. The van der Waals surface area contributed by atoms with Crippen molar-refractivity contribution in [2.45, 2.75) is 13.2 Å². The molecule has 1 aromatic carbocycles. The molecular formula is C15H10F2N4O2S. The van der Waals surface area contributed by atoms with Crippen molar-refractivity contribution < 1.29 is 18.3 Å². The van der Waals surface area contributed by atoms with Crippen LogP contribution in [0.1, 0.15) is 5.01 Å². The van der Waals surface area contributed by atoms with Crippen molar-refractivity contribution in [2.75, 3.05) is 5.32 Å². The first-order chi connectivity index (χ1) is 11.5. The molecule has 2 aromatic heterocycles. The molecule has 0 amide bonds. The lowest BCUT2D eigenvalue weighted by atomic mass is 10.3. The third-order valence-electron chi connectivity index (χ3n) is 3.19. The molecule has 3 aromatic rings. The van der Waals surface area contributed by atoms with Crippen molar-refractivity contribution in [3.8, 4) is 22.9 Å². The number of nitrogens with zero attached hydrogens (tertiary/aromatic N) is 3. The molecule has 0 aliphatic carbocycles. The minimum Gasteiger partial charge on any atom is -0.395 e. The van der Waals surface area contributed by atoms with E-state index >= 15 is 0 Å². The molecule has 0 atom stereocenters. The van der Waals surface area contributed by atoms with Gasteiger partial charge in [0, 0.05) is 23.3 Å². The van der Waals surface area contributed by atoms with Gasteiger partial charge in [0.2, 0.25) is 5.95 Å². The Hall–Kier alpha value is -2.81. The summed E-state index contributed by atoms with van der Waals surface area (Å²) in [4.78, 5) is 12.9. The number of thiazole rings is 1. The summed E-state index contributed by atoms with van der Waals surface area (Å²) in [6, 6.07) is 6.12. The van der Waals surface area contributed by atoms with Crippen molar-refractivity contribution in [3.63, 3.8) is 0 Å². The maximum Gasteiger partial charge on any atom is 0.586 e. The van der Waals surface area contributed by atoms with E-state index in [4.69, 9.17) is 0 Å². The summed E-state index contributed by atoms with van der Waals surface area (Å²) in [7, 11) is 0. The average Bonchev–Trinajstić information content (AvgIpc) is 3.09. The molecule has 1 N–H and O–H groups in total. The number of ether oxygens (including phenoxy) is 2. The summed E-state index contributed by atoms with van der Waals surface area (Å²) in [5, 5.41) is 5.80. The van der Waals surface area contributed by atoms with Gasteiger partial charge < -0.3 is 14.8 Å². The number of alkyl halides is 2. The first-order valence-electron chi connectivity index (χ1n) is 6.91. The monoisotopic (exact) mass is 348 g/mol. The fourth-order valence-corrected chi connectivity index (χ4v) is 2.81. The minimum absolute atomic E-state index is 0.0156. The third kappa shape index (κ3) is 2.85. The second-order valence-corrected chi connectivity index (χ2v) is 6.03. The standard InChI is InChI=1S/C15H10F2N4O2S/c1-8-19-11(7-24-8)10-4-5-18-14(21-10)20-9-2-3-12-13(6-9)23-15(16,17)22-12/h2-7H,1H3,(H,18,20,21). The molecule has 0 radical (unpaired) electrons. The SMILES string of the molecule is Cc1nc(-c2ccnc(Nc3ccc4c(c3)OC(F)(F)O4)n2)cs1. The lowest BCUT2D eigenvalue weighted by Crippen LogP contribution is -2.25. The Morgan fingerprint density at radius 2 is 1.92 bits per heavy atom. The molecule has 4 rings (SSSR count). The normalized spacial score (nSPS) is 14.6. The van der Waals surface area contributed by atoms with Gasteiger partial charge in [-0.1, -0.05) is 0 Å². The van der Waals surface area contributed by atoms with Crippen LogP contribution in [0, 0.1) is 6.92 Å². The molecule has 122 valence electrons. The van der Waals surface area contributed by atoms with E-state index in [0.29, 0.717) is 17.3 Å². The van der Waals surface area contributed by atoms with Gasteiger partial charge in [-0.2, -0.15) is 0 Å². The Kier molecular flexibility index (Phi) is 3.31. The fraction of sp³-hybridized carbons (Fsp3) is 0.133. The summed E-state index contributed by atoms with van der Waals surface area (Å²) in [5.74, 6) is 0.262. The van der Waals surface area contributed by atoms with Crippen LogP contribution in [0.3, 0.4) is 0 Å². The van der Waals surface area contributed by atoms with Crippen LogP contribution in [0.15, 0.2) is 35.8 Å². The topological polar surface area (TPSA) is 69.2 Å². The highest BCUT2D eigenvalue weighted by molar-refractivity contribution is 7.09. The molecule has 0 saturated heterocycles.